The second-order valence-corrected chi connectivity index (χ2v) is 5.80. The minimum absolute atomic E-state index is 0.206. The molecule has 0 bridgehead atoms. The van der Waals surface area contributed by atoms with Crippen LogP contribution in [0, 0.1) is 0 Å². The number of carbonyl (C=O) groups excluding carboxylic acids is 1. The Hall–Kier alpha value is -2.24. The fourth-order valence-electron chi connectivity index (χ4n) is 1.93. The lowest BCUT2D eigenvalue weighted by atomic mass is 10.1. The highest BCUT2D eigenvalue weighted by molar-refractivity contribution is 6.35. The Morgan fingerprint density at radius 2 is 1.92 bits per heavy atom. The maximum Gasteiger partial charge on any atom is 0.260 e. The first-order valence-electron chi connectivity index (χ1n) is 7.27. The minimum atomic E-state index is -0.287. The van der Waals surface area contributed by atoms with Crippen molar-refractivity contribution in [2.45, 2.75) is 6.42 Å². The normalized spacial score (nSPS) is 11.2. The fraction of sp³-hybridized carbons (Fsp3) is 0.176. The van der Waals surface area contributed by atoms with Crippen LogP contribution in [0.4, 0.5) is 0 Å². The van der Waals surface area contributed by atoms with Gasteiger partial charge in [-0.05, 0) is 24.1 Å². The molecule has 2 aromatic rings. The monoisotopic (exact) mass is 365 g/mol. The van der Waals surface area contributed by atoms with Crippen molar-refractivity contribution in [1.29, 1.82) is 0 Å². The van der Waals surface area contributed by atoms with E-state index < -0.39 is 0 Å². The second-order valence-electron chi connectivity index (χ2n) is 4.95. The summed E-state index contributed by atoms with van der Waals surface area (Å²) in [6, 6.07) is 14.4. The Morgan fingerprint density at radius 3 is 2.62 bits per heavy atom. The lowest BCUT2D eigenvalue weighted by Gasteiger charge is -2.07. The molecule has 2 rings (SSSR count). The third kappa shape index (κ3) is 5.76. The molecule has 0 fully saturated rings. The molecule has 2 aromatic carbocycles. The van der Waals surface area contributed by atoms with Crippen LogP contribution in [-0.2, 0) is 16.1 Å². The molecule has 0 heterocycles. The summed E-state index contributed by atoms with van der Waals surface area (Å²) in [5.74, 6) is -0.0685. The Kier molecular flexibility index (Phi) is 6.90. The van der Waals surface area contributed by atoms with Crippen LogP contribution in [0.2, 0.25) is 10.0 Å². The second kappa shape index (κ2) is 9.15. The molecule has 0 aliphatic carbocycles. The maximum absolute atomic E-state index is 11.7. The van der Waals surface area contributed by atoms with Gasteiger partial charge in [0.05, 0.1) is 0 Å². The molecular weight excluding hydrogens is 349 g/mol. The number of nitrogens with one attached hydrogen (secondary N) is 1. The van der Waals surface area contributed by atoms with Gasteiger partial charge in [0.25, 0.3) is 5.91 Å². The number of benzene rings is 2. The molecule has 3 N–H and O–H groups in total. The summed E-state index contributed by atoms with van der Waals surface area (Å²) in [7, 11) is 0. The molecule has 5 nitrogen and oxygen atoms in total. The topological polar surface area (TPSA) is 76.7 Å². The molecule has 0 spiro atoms. The van der Waals surface area contributed by atoms with E-state index in [1.165, 1.54) is 0 Å². The molecule has 0 saturated heterocycles. The smallest absolute Gasteiger partial charge is 0.260 e. The molecule has 0 radical (unpaired) electrons. The zero-order chi connectivity index (χ0) is 17.4. The maximum atomic E-state index is 11.7. The van der Waals surface area contributed by atoms with Gasteiger partial charge in [-0.25, -0.2) is 0 Å². The van der Waals surface area contributed by atoms with Crippen molar-refractivity contribution in [2.75, 3.05) is 13.2 Å². The first-order valence-corrected chi connectivity index (χ1v) is 8.03. The van der Waals surface area contributed by atoms with E-state index in [0.717, 1.165) is 11.1 Å². The molecule has 0 unspecified atom stereocenters. The predicted octanol–water partition coefficient (Wildman–Crippen LogP) is 2.99. The van der Waals surface area contributed by atoms with Crippen molar-refractivity contribution >= 4 is 34.9 Å². The highest BCUT2D eigenvalue weighted by Crippen LogP contribution is 2.20. The van der Waals surface area contributed by atoms with Crippen LogP contribution in [0.25, 0.3) is 0 Å². The average Bonchev–Trinajstić information content (AvgIpc) is 2.57. The Bertz CT molecular complexity index is 721. The van der Waals surface area contributed by atoms with Crippen molar-refractivity contribution in [3.05, 3.63) is 69.7 Å². The fourth-order valence-corrected chi connectivity index (χ4v) is 2.44. The van der Waals surface area contributed by atoms with Gasteiger partial charge in [0.2, 0.25) is 0 Å². The number of amides is 1. The van der Waals surface area contributed by atoms with E-state index in [4.69, 9.17) is 33.8 Å². The van der Waals surface area contributed by atoms with E-state index in [1.54, 1.807) is 24.3 Å². The van der Waals surface area contributed by atoms with E-state index in [9.17, 15) is 4.79 Å². The largest absolute Gasteiger partial charge is 0.384 e. The summed E-state index contributed by atoms with van der Waals surface area (Å²) in [5.41, 5.74) is 7.40. The van der Waals surface area contributed by atoms with Crippen LogP contribution >= 0.6 is 23.2 Å². The van der Waals surface area contributed by atoms with Crippen molar-refractivity contribution in [1.82, 2.24) is 5.32 Å². The number of nitrogens with two attached hydrogens (primary N) is 1. The summed E-state index contributed by atoms with van der Waals surface area (Å²) < 4.78 is 0. The summed E-state index contributed by atoms with van der Waals surface area (Å²) in [6.45, 7) is 0.226. The number of hydrogen-bond donors (Lipinski definition) is 2. The predicted molar refractivity (Wildman–Crippen MR) is 96.3 cm³/mol. The molecule has 0 aromatic heterocycles. The first kappa shape index (κ1) is 18.1. The van der Waals surface area contributed by atoms with Gasteiger partial charge in [0.15, 0.2) is 12.4 Å². The van der Waals surface area contributed by atoms with Gasteiger partial charge in [0, 0.05) is 22.2 Å². The van der Waals surface area contributed by atoms with Crippen molar-refractivity contribution in [3.63, 3.8) is 0 Å². The number of carbonyl (C=O) groups is 1. The lowest BCUT2D eigenvalue weighted by molar-refractivity contribution is -0.125. The van der Waals surface area contributed by atoms with E-state index in [1.807, 2.05) is 24.3 Å². The average molecular weight is 366 g/mol. The molecule has 126 valence electrons. The highest BCUT2D eigenvalue weighted by Gasteiger charge is 2.05. The van der Waals surface area contributed by atoms with Crippen molar-refractivity contribution in [3.8, 4) is 0 Å². The molecule has 24 heavy (non-hydrogen) atoms. The van der Waals surface area contributed by atoms with E-state index in [-0.39, 0.29) is 18.3 Å². The Labute approximate surface area is 150 Å². The summed E-state index contributed by atoms with van der Waals surface area (Å²) >= 11 is 11.9. The summed E-state index contributed by atoms with van der Waals surface area (Å²) in [6.07, 6.45) is 0.594. The van der Waals surface area contributed by atoms with Crippen molar-refractivity contribution < 1.29 is 9.63 Å². The van der Waals surface area contributed by atoms with Gasteiger partial charge in [-0.15, -0.1) is 0 Å². The van der Waals surface area contributed by atoms with Gasteiger partial charge < -0.3 is 15.9 Å². The molecule has 0 atom stereocenters. The number of rotatable bonds is 7. The number of amidine groups is 1. The first-order chi connectivity index (χ1) is 11.6. The minimum Gasteiger partial charge on any atom is -0.384 e. The van der Waals surface area contributed by atoms with Crippen LogP contribution in [0.5, 0.6) is 0 Å². The van der Waals surface area contributed by atoms with E-state index in [0.29, 0.717) is 23.0 Å². The zero-order valence-corrected chi connectivity index (χ0v) is 14.3. The SMILES string of the molecule is N/C(=N/OCC(=O)NCCc1ccc(Cl)cc1Cl)c1ccccc1. The number of halogens is 2. The molecule has 7 heteroatoms. The molecule has 0 aliphatic rings. The quantitative estimate of drug-likeness (QED) is 0.449. The van der Waals surface area contributed by atoms with Gasteiger partial charge in [-0.2, -0.15) is 0 Å². The van der Waals surface area contributed by atoms with Gasteiger partial charge in [0.1, 0.15) is 0 Å². The third-order valence-electron chi connectivity index (χ3n) is 3.16. The van der Waals surface area contributed by atoms with E-state index >= 15 is 0 Å². The van der Waals surface area contributed by atoms with Crippen LogP contribution in [-0.4, -0.2) is 24.9 Å². The summed E-state index contributed by atoms with van der Waals surface area (Å²) in [4.78, 5) is 16.7. The van der Waals surface area contributed by atoms with Crippen LogP contribution < -0.4 is 11.1 Å². The Morgan fingerprint density at radius 1 is 1.17 bits per heavy atom. The van der Waals surface area contributed by atoms with Gasteiger partial charge in [-0.3, -0.25) is 4.79 Å². The number of nitrogens with zero attached hydrogens (tertiary/aromatic N) is 1. The van der Waals surface area contributed by atoms with E-state index in [2.05, 4.69) is 10.5 Å². The molecule has 1 amide bonds. The van der Waals surface area contributed by atoms with Crippen LogP contribution in [0.1, 0.15) is 11.1 Å². The number of oxime groups is 1. The standard InChI is InChI=1S/C17H17Cl2N3O2/c18-14-7-6-12(15(19)10-14)8-9-21-16(23)11-24-22-17(20)13-4-2-1-3-5-13/h1-7,10H,8-9,11H2,(H2,20,22)(H,21,23). The lowest BCUT2D eigenvalue weighted by Crippen LogP contribution is -2.29. The van der Waals surface area contributed by atoms with Gasteiger partial charge in [-0.1, -0.05) is 64.8 Å². The van der Waals surface area contributed by atoms with Crippen LogP contribution in [0.15, 0.2) is 53.7 Å². The summed E-state index contributed by atoms with van der Waals surface area (Å²) in [5, 5.41) is 7.60. The Balaban J connectivity index is 1.72. The number of hydrogen-bond acceptors (Lipinski definition) is 3. The third-order valence-corrected chi connectivity index (χ3v) is 3.75. The molecule has 0 saturated carbocycles. The van der Waals surface area contributed by atoms with Gasteiger partial charge >= 0.3 is 0 Å². The molecular formula is C17H17Cl2N3O2. The highest BCUT2D eigenvalue weighted by atomic mass is 35.5. The van der Waals surface area contributed by atoms with Crippen LogP contribution in [0.3, 0.4) is 0 Å². The van der Waals surface area contributed by atoms with Crippen molar-refractivity contribution in [2.24, 2.45) is 10.9 Å². The zero-order valence-electron chi connectivity index (χ0n) is 12.8. The molecule has 0 aliphatic heterocycles.